The molecule has 0 saturated carbocycles. The number of para-hydroxylation sites is 4. The average Bonchev–Trinajstić information content (AvgIpc) is 3.72. The molecule has 9 aromatic rings. The third-order valence-electron chi connectivity index (χ3n) is 8.58. The van der Waals surface area contributed by atoms with Gasteiger partial charge in [0, 0.05) is 26.9 Å². The standard InChI is InChI=1S/C38H20N4O/c1-40-29-21-34(41-30-14-6-2-10-24(30)25-11-3-7-15-31(25)41)23(22-39)20-35(29)42-32-16-8-4-13-28(32)37-33(42)19-18-27-26-12-5-9-17-36(26)43-38(27)37/h2-21H. The third kappa shape index (κ3) is 3.08. The molecule has 0 aliphatic heterocycles. The Morgan fingerprint density at radius 3 is 1.84 bits per heavy atom. The first-order valence-corrected chi connectivity index (χ1v) is 14.0. The summed E-state index contributed by atoms with van der Waals surface area (Å²) < 4.78 is 10.6. The summed E-state index contributed by atoms with van der Waals surface area (Å²) >= 11 is 0. The molecule has 0 bridgehead atoms. The van der Waals surface area contributed by atoms with Crippen LogP contribution in [0, 0.1) is 17.9 Å². The van der Waals surface area contributed by atoms with Crippen molar-refractivity contribution in [1.29, 1.82) is 5.26 Å². The molecule has 0 fully saturated rings. The largest absolute Gasteiger partial charge is 0.455 e. The molecule has 5 nitrogen and oxygen atoms in total. The van der Waals surface area contributed by atoms with Crippen molar-refractivity contribution in [1.82, 2.24) is 9.13 Å². The highest BCUT2D eigenvalue weighted by atomic mass is 16.3. The number of aromatic nitrogens is 2. The minimum absolute atomic E-state index is 0.461. The van der Waals surface area contributed by atoms with Crippen molar-refractivity contribution in [2.24, 2.45) is 0 Å². The fourth-order valence-corrected chi connectivity index (χ4v) is 6.79. The van der Waals surface area contributed by atoms with E-state index in [1.807, 2.05) is 66.7 Å². The predicted molar refractivity (Wildman–Crippen MR) is 173 cm³/mol. The summed E-state index contributed by atoms with van der Waals surface area (Å²) in [5.74, 6) is 0. The maximum Gasteiger partial charge on any atom is 0.212 e. The van der Waals surface area contributed by atoms with E-state index in [4.69, 9.17) is 11.0 Å². The summed E-state index contributed by atoms with van der Waals surface area (Å²) in [5, 5.41) is 16.9. The highest BCUT2D eigenvalue weighted by Gasteiger charge is 2.22. The Hall–Kier alpha value is -6.30. The van der Waals surface area contributed by atoms with Crippen molar-refractivity contribution < 1.29 is 4.42 Å². The van der Waals surface area contributed by atoms with Crippen LogP contribution in [0.2, 0.25) is 0 Å². The van der Waals surface area contributed by atoms with E-state index in [2.05, 4.69) is 74.6 Å². The van der Waals surface area contributed by atoms with Gasteiger partial charge in [0.05, 0.1) is 51.0 Å². The second-order valence-corrected chi connectivity index (χ2v) is 10.7. The minimum atomic E-state index is 0.461. The van der Waals surface area contributed by atoms with Crippen LogP contribution >= 0.6 is 0 Å². The van der Waals surface area contributed by atoms with Crippen molar-refractivity contribution in [3.8, 4) is 17.4 Å². The molecule has 198 valence electrons. The lowest BCUT2D eigenvalue weighted by Crippen LogP contribution is -2.01. The molecule has 6 aromatic carbocycles. The van der Waals surface area contributed by atoms with Crippen LogP contribution in [-0.2, 0) is 0 Å². The van der Waals surface area contributed by atoms with Crippen LogP contribution in [0.15, 0.2) is 126 Å². The summed E-state index contributed by atoms with van der Waals surface area (Å²) in [4.78, 5) is 4.03. The fourth-order valence-electron chi connectivity index (χ4n) is 6.79. The first kappa shape index (κ1) is 23.4. The summed E-state index contributed by atoms with van der Waals surface area (Å²) in [6, 6.07) is 43.0. The monoisotopic (exact) mass is 548 g/mol. The lowest BCUT2D eigenvalue weighted by molar-refractivity contribution is 0.673. The van der Waals surface area contributed by atoms with Gasteiger partial charge in [0.1, 0.15) is 17.2 Å². The van der Waals surface area contributed by atoms with Crippen LogP contribution in [0.4, 0.5) is 5.69 Å². The molecule has 5 heteroatoms. The van der Waals surface area contributed by atoms with E-state index in [1.54, 1.807) is 0 Å². The number of benzene rings is 6. The second-order valence-electron chi connectivity index (χ2n) is 10.7. The number of hydrogen-bond acceptors (Lipinski definition) is 2. The molecule has 0 aliphatic carbocycles. The van der Waals surface area contributed by atoms with E-state index < -0.39 is 0 Å². The van der Waals surface area contributed by atoms with Crippen LogP contribution in [0.3, 0.4) is 0 Å². The Kier molecular flexibility index (Phi) is 4.68. The van der Waals surface area contributed by atoms with Gasteiger partial charge in [-0.3, -0.25) is 0 Å². The molecule has 0 amide bonds. The first-order valence-electron chi connectivity index (χ1n) is 14.0. The van der Waals surface area contributed by atoms with Gasteiger partial charge in [-0.1, -0.05) is 72.8 Å². The molecule has 0 spiro atoms. The normalized spacial score (nSPS) is 11.7. The van der Waals surface area contributed by atoms with E-state index in [0.29, 0.717) is 22.6 Å². The van der Waals surface area contributed by atoms with Crippen molar-refractivity contribution in [3.05, 3.63) is 138 Å². The Morgan fingerprint density at radius 2 is 1.16 bits per heavy atom. The Morgan fingerprint density at radius 1 is 0.581 bits per heavy atom. The molecule has 0 N–H and O–H groups in total. The fraction of sp³-hybridized carbons (Fsp3) is 0. The quantitative estimate of drug-likeness (QED) is 0.202. The molecule has 0 atom stereocenters. The van der Waals surface area contributed by atoms with Crippen molar-refractivity contribution in [2.45, 2.75) is 0 Å². The second kappa shape index (κ2) is 8.60. The van der Waals surface area contributed by atoms with Crippen LogP contribution in [0.5, 0.6) is 0 Å². The molecular weight excluding hydrogens is 528 g/mol. The number of furan rings is 1. The summed E-state index contributed by atoms with van der Waals surface area (Å²) in [5.41, 5.74) is 7.82. The van der Waals surface area contributed by atoms with Gasteiger partial charge in [0.2, 0.25) is 5.69 Å². The zero-order valence-electron chi connectivity index (χ0n) is 22.7. The maximum absolute atomic E-state index is 10.5. The van der Waals surface area contributed by atoms with Crippen LogP contribution in [0.25, 0.3) is 81.8 Å². The number of hydrogen-bond donors (Lipinski definition) is 0. The van der Waals surface area contributed by atoms with Gasteiger partial charge in [0.25, 0.3) is 0 Å². The zero-order chi connectivity index (χ0) is 28.7. The maximum atomic E-state index is 10.5. The third-order valence-corrected chi connectivity index (χ3v) is 8.58. The Bertz CT molecular complexity index is 2650. The number of fused-ring (bicyclic) bond motifs is 10. The highest BCUT2D eigenvalue weighted by molar-refractivity contribution is 6.24. The summed E-state index contributed by atoms with van der Waals surface area (Å²) in [6.45, 7) is 8.28. The van der Waals surface area contributed by atoms with Gasteiger partial charge in [-0.05, 0) is 48.5 Å². The number of rotatable bonds is 2. The lowest BCUT2D eigenvalue weighted by Gasteiger charge is -2.15. The summed E-state index contributed by atoms with van der Waals surface area (Å²) in [6.07, 6.45) is 0. The van der Waals surface area contributed by atoms with E-state index in [-0.39, 0.29) is 0 Å². The van der Waals surface area contributed by atoms with Crippen molar-refractivity contribution >= 4 is 71.2 Å². The SMILES string of the molecule is [C-]#[N+]c1cc(-n2c3ccccc3c3ccccc32)c(C#N)cc1-n1c2ccccc2c2c3oc4ccccc4c3ccc21. The van der Waals surface area contributed by atoms with Gasteiger partial charge in [-0.15, -0.1) is 0 Å². The molecule has 0 unspecified atom stereocenters. The average molecular weight is 549 g/mol. The molecule has 0 saturated heterocycles. The smallest absolute Gasteiger partial charge is 0.212 e. The van der Waals surface area contributed by atoms with Gasteiger partial charge in [-0.2, -0.15) is 5.26 Å². The van der Waals surface area contributed by atoms with E-state index >= 15 is 0 Å². The van der Waals surface area contributed by atoms with Crippen LogP contribution < -0.4 is 0 Å². The Labute approximate surface area is 245 Å². The Balaban J connectivity index is 1.39. The zero-order valence-corrected chi connectivity index (χ0v) is 22.7. The van der Waals surface area contributed by atoms with Crippen molar-refractivity contribution in [3.63, 3.8) is 0 Å². The first-order chi connectivity index (χ1) is 21.3. The highest BCUT2D eigenvalue weighted by Crippen LogP contribution is 2.43. The lowest BCUT2D eigenvalue weighted by atomic mass is 10.1. The van der Waals surface area contributed by atoms with Gasteiger partial charge < -0.3 is 13.6 Å². The van der Waals surface area contributed by atoms with Crippen LogP contribution in [-0.4, -0.2) is 9.13 Å². The van der Waals surface area contributed by atoms with Crippen LogP contribution in [0.1, 0.15) is 5.56 Å². The molecule has 43 heavy (non-hydrogen) atoms. The summed E-state index contributed by atoms with van der Waals surface area (Å²) in [7, 11) is 0. The predicted octanol–water partition coefficient (Wildman–Crippen LogP) is 10.2. The molecule has 0 aliphatic rings. The molecule has 0 radical (unpaired) electrons. The van der Waals surface area contributed by atoms with Gasteiger partial charge in [0.15, 0.2) is 0 Å². The van der Waals surface area contributed by atoms with E-state index in [9.17, 15) is 5.26 Å². The van der Waals surface area contributed by atoms with E-state index in [0.717, 1.165) is 65.6 Å². The topological polar surface area (TPSA) is 51.1 Å². The molecule has 3 heterocycles. The number of nitrogens with zero attached hydrogens (tertiary/aromatic N) is 4. The molecule has 3 aromatic heterocycles. The molecular formula is C38H20N4O. The van der Waals surface area contributed by atoms with Gasteiger partial charge >= 0.3 is 0 Å². The molecule has 9 rings (SSSR count). The van der Waals surface area contributed by atoms with E-state index in [1.165, 1.54) is 0 Å². The van der Waals surface area contributed by atoms with Crippen molar-refractivity contribution in [2.75, 3.05) is 0 Å². The minimum Gasteiger partial charge on any atom is -0.455 e. The number of nitriles is 1. The van der Waals surface area contributed by atoms with Gasteiger partial charge in [-0.25, -0.2) is 4.85 Å².